The number of nitrogens with zero attached hydrogens (tertiary/aromatic N) is 1. The predicted octanol–water partition coefficient (Wildman–Crippen LogP) is -0.0707. The molecule has 0 aromatic rings. The minimum atomic E-state index is -2.44. The first-order valence-electron chi connectivity index (χ1n) is 3.85. The minimum absolute atomic E-state index is 0.0891. The Morgan fingerprint density at radius 1 is 1.67 bits per heavy atom. The van der Waals surface area contributed by atoms with Gasteiger partial charge in [-0.3, -0.25) is 4.79 Å². The summed E-state index contributed by atoms with van der Waals surface area (Å²) in [6, 6.07) is 0. The van der Waals surface area contributed by atoms with Gasteiger partial charge >= 0.3 is 0 Å². The van der Waals surface area contributed by atoms with Crippen LogP contribution in [0.3, 0.4) is 0 Å². The number of amides is 1. The summed E-state index contributed by atoms with van der Waals surface area (Å²) in [5, 5.41) is 2.92. The SMILES string of the molecule is CN(CC(F)F)C(=O)C1CNC1. The van der Waals surface area contributed by atoms with Crippen LogP contribution in [0.4, 0.5) is 8.78 Å². The summed E-state index contributed by atoms with van der Waals surface area (Å²) >= 11 is 0. The molecule has 0 aromatic heterocycles. The Balaban J connectivity index is 2.30. The van der Waals surface area contributed by atoms with Gasteiger partial charge in [-0.05, 0) is 0 Å². The average Bonchev–Trinajstić information content (AvgIpc) is 1.81. The van der Waals surface area contributed by atoms with Crippen LogP contribution >= 0.6 is 0 Å². The van der Waals surface area contributed by atoms with Crippen LogP contribution in [0, 0.1) is 5.92 Å². The number of rotatable bonds is 3. The van der Waals surface area contributed by atoms with Crippen LogP contribution in [0.1, 0.15) is 0 Å². The van der Waals surface area contributed by atoms with Crippen molar-refractivity contribution in [1.82, 2.24) is 10.2 Å². The molecule has 1 saturated heterocycles. The normalized spacial score (nSPS) is 17.7. The molecule has 70 valence electrons. The lowest BCUT2D eigenvalue weighted by Gasteiger charge is -2.30. The third-order valence-electron chi connectivity index (χ3n) is 1.92. The number of hydrogen-bond acceptors (Lipinski definition) is 2. The second-order valence-corrected chi connectivity index (χ2v) is 2.97. The van der Waals surface area contributed by atoms with Crippen molar-refractivity contribution in [2.75, 3.05) is 26.7 Å². The van der Waals surface area contributed by atoms with Crippen LogP contribution in [0.5, 0.6) is 0 Å². The largest absolute Gasteiger partial charge is 0.340 e. The van der Waals surface area contributed by atoms with Crippen molar-refractivity contribution < 1.29 is 13.6 Å². The van der Waals surface area contributed by atoms with Crippen LogP contribution in [0.25, 0.3) is 0 Å². The zero-order chi connectivity index (χ0) is 9.14. The zero-order valence-corrected chi connectivity index (χ0v) is 6.89. The molecular formula is C7H12F2N2O. The van der Waals surface area contributed by atoms with E-state index in [1.54, 1.807) is 0 Å². The van der Waals surface area contributed by atoms with E-state index in [-0.39, 0.29) is 11.8 Å². The first kappa shape index (κ1) is 9.38. The van der Waals surface area contributed by atoms with Crippen molar-refractivity contribution >= 4 is 5.91 Å². The number of hydrogen-bond donors (Lipinski definition) is 1. The van der Waals surface area contributed by atoms with E-state index < -0.39 is 13.0 Å². The maximum absolute atomic E-state index is 11.8. The van der Waals surface area contributed by atoms with E-state index in [2.05, 4.69) is 5.32 Å². The van der Waals surface area contributed by atoms with E-state index >= 15 is 0 Å². The summed E-state index contributed by atoms with van der Waals surface area (Å²) in [6.45, 7) is 0.772. The van der Waals surface area contributed by atoms with Gasteiger partial charge in [0.2, 0.25) is 5.91 Å². The van der Waals surface area contributed by atoms with Crippen molar-refractivity contribution in [2.24, 2.45) is 5.92 Å². The standard InChI is InChI=1S/C7H12F2N2O/c1-11(4-6(8)9)7(12)5-2-10-3-5/h5-6,10H,2-4H2,1H3. The molecule has 0 spiro atoms. The molecule has 0 radical (unpaired) electrons. The highest BCUT2D eigenvalue weighted by molar-refractivity contribution is 5.79. The second kappa shape index (κ2) is 3.80. The number of halogens is 2. The molecule has 0 atom stereocenters. The van der Waals surface area contributed by atoms with E-state index in [0.29, 0.717) is 13.1 Å². The lowest BCUT2D eigenvalue weighted by atomic mass is 10.0. The molecule has 1 heterocycles. The highest BCUT2D eigenvalue weighted by Gasteiger charge is 2.28. The monoisotopic (exact) mass is 178 g/mol. The summed E-state index contributed by atoms with van der Waals surface area (Å²) in [5.41, 5.74) is 0. The highest BCUT2D eigenvalue weighted by Crippen LogP contribution is 2.08. The van der Waals surface area contributed by atoms with Gasteiger partial charge in [-0.2, -0.15) is 0 Å². The Hall–Kier alpha value is -0.710. The molecule has 5 heteroatoms. The number of nitrogens with one attached hydrogen (secondary N) is 1. The van der Waals surface area contributed by atoms with Crippen LogP contribution < -0.4 is 5.32 Å². The number of carbonyl (C=O) groups excluding carboxylic acids is 1. The molecule has 1 rings (SSSR count). The van der Waals surface area contributed by atoms with Gasteiger partial charge in [-0.15, -0.1) is 0 Å². The number of carbonyl (C=O) groups is 1. The smallest absolute Gasteiger partial charge is 0.255 e. The summed E-state index contributed by atoms with van der Waals surface area (Å²) in [7, 11) is 1.41. The van der Waals surface area contributed by atoms with Crippen LogP contribution in [-0.2, 0) is 4.79 Å². The molecule has 0 aromatic carbocycles. The second-order valence-electron chi connectivity index (χ2n) is 2.97. The molecule has 3 nitrogen and oxygen atoms in total. The molecular weight excluding hydrogens is 166 g/mol. The fraction of sp³-hybridized carbons (Fsp3) is 0.857. The summed E-state index contributed by atoms with van der Waals surface area (Å²) < 4.78 is 23.6. The predicted molar refractivity (Wildman–Crippen MR) is 40.0 cm³/mol. The maximum Gasteiger partial charge on any atom is 0.255 e. The van der Waals surface area contributed by atoms with E-state index in [4.69, 9.17) is 0 Å². The first-order chi connectivity index (χ1) is 5.61. The first-order valence-corrected chi connectivity index (χ1v) is 3.85. The van der Waals surface area contributed by atoms with Gasteiger partial charge in [0, 0.05) is 20.1 Å². The summed E-state index contributed by atoms with van der Waals surface area (Å²) in [6.07, 6.45) is -2.44. The Labute approximate surface area is 69.7 Å². The highest BCUT2D eigenvalue weighted by atomic mass is 19.3. The van der Waals surface area contributed by atoms with E-state index in [9.17, 15) is 13.6 Å². The van der Waals surface area contributed by atoms with Crippen LogP contribution in [-0.4, -0.2) is 43.9 Å². The molecule has 0 saturated carbocycles. The number of alkyl halides is 2. The third kappa shape index (κ3) is 2.14. The summed E-state index contributed by atoms with van der Waals surface area (Å²) in [4.78, 5) is 12.3. The Morgan fingerprint density at radius 2 is 2.25 bits per heavy atom. The fourth-order valence-electron chi connectivity index (χ4n) is 1.07. The van der Waals surface area contributed by atoms with E-state index in [1.165, 1.54) is 7.05 Å². The van der Waals surface area contributed by atoms with Crippen molar-refractivity contribution in [3.63, 3.8) is 0 Å². The lowest BCUT2D eigenvalue weighted by molar-refractivity contribution is -0.137. The van der Waals surface area contributed by atoms with Gasteiger partial charge in [0.15, 0.2) is 0 Å². The van der Waals surface area contributed by atoms with E-state index in [1.807, 2.05) is 0 Å². The molecule has 0 unspecified atom stereocenters. The molecule has 0 aliphatic carbocycles. The fourth-order valence-corrected chi connectivity index (χ4v) is 1.07. The minimum Gasteiger partial charge on any atom is -0.340 e. The van der Waals surface area contributed by atoms with Gasteiger partial charge in [0.25, 0.3) is 6.43 Å². The van der Waals surface area contributed by atoms with E-state index in [0.717, 1.165) is 4.90 Å². The zero-order valence-electron chi connectivity index (χ0n) is 6.89. The molecule has 1 amide bonds. The van der Waals surface area contributed by atoms with Gasteiger partial charge in [-0.1, -0.05) is 0 Å². The Morgan fingerprint density at radius 3 is 2.58 bits per heavy atom. The average molecular weight is 178 g/mol. The van der Waals surface area contributed by atoms with Crippen molar-refractivity contribution in [3.05, 3.63) is 0 Å². The quantitative estimate of drug-likeness (QED) is 0.656. The van der Waals surface area contributed by atoms with Gasteiger partial charge in [0.05, 0.1) is 12.5 Å². The Bertz CT molecular complexity index is 171. The maximum atomic E-state index is 11.8. The molecule has 1 N–H and O–H groups in total. The van der Waals surface area contributed by atoms with Gasteiger partial charge in [0.1, 0.15) is 0 Å². The topological polar surface area (TPSA) is 32.3 Å². The lowest BCUT2D eigenvalue weighted by Crippen LogP contribution is -2.51. The third-order valence-corrected chi connectivity index (χ3v) is 1.92. The van der Waals surface area contributed by atoms with Gasteiger partial charge < -0.3 is 10.2 Å². The van der Waals surface area contributed by atoms with Crippen molar-refractivity contribution in [3.8, 4) is 0 Å². The van der Waals surface area contributed by atoms with Gasteiger partial charge in [-0.25, -0.2) is 8.78 Å². The van der Waals surface area contributed by atoms with Crippen LogP contribution in [0.2, 0.25) is 0 Å². The molecule has 1 fully saturated rings. The molecule has 0 bridgehead atoms. The molecule has 1 aliphatic rings. The molecule has 12 heavy (non-hydrogen) atoms. The Kier molecular flexibility index (Phi) is 2.97. The van der Waals surface area contributed by atoms with Crippen molar-refractivity contribution in [1.29, 1.82) is 0 Å². The summed E-state index contributed by atoms with van der Waals surface area (Å²) in [5.74, 6) is -0.275. The molecule has 1 aliphatic heterocycles. The van der Waals surface area contributed by atoms with Crippen LogP contribution in [0.15, 0.2) is 0 Å². The van der Waals surface area contributed by atoms with Crippen molar-refractivity contribution in [2.45, 2.75) is 6.43 Å².